The molecule has 1 atom stereocenters. The van der Waals surface area contributed by atoms with Gasteiger partial charge >= 0.3 is 0 Å². The van der Waals surface area contributed by atoms with Gasteiger partial charge in [-0.1, -0.05) is 34.5 Å². The van der Waals surface area contributed by atoms with Crippen molar-refractivity contribution in [3.8, 4) is 0 Å². The lowest BCUT2D eigenvalue weighted by molar-refractivity contribution is 0.359. The Hall–Kier alpha value is -0.0500. The van der Waals surface area contributed by atoms with Gasteiger partial charge < -0.3 is 5.32 Å². The van der Waals surface area contributed by atoms with Crippen LogP contribution in [-0.4, -0.2) is 12.1 Å². The molecule has 3 heteroatoms. The summed E-state index contributed by atoms with van der Waals surface area (Å²) < 4.78 is 1.17. The highest BCUT2D eigenvalue weighted by molar-refractivity contribution is 9.10. The van der Waals surface area contributed by atoms with Crippen LogP contribution >= 0.6 is 27.5 Å². The fraction of sp³-hybridized carbons (Fsp3) is 0.538. The number of nitrogens with one attached hydrogen (secondary N) is 1. The van der Waals surface area contributed by atoms with E-state index in [1.165, 1.54) is 29.3 Å². The van der Waals surface area contributed by atoms with Gasteiger partial charge in [-0.25, -0.2) is 0 Å². The third-order valence-corrected chi connectivity index (χ3v) is 4.55. The van der Waals surface area contributed by atoms with E-state index in [9.17, 15) is 0 Å². The van der Waals surface area contributed by atoms with E-state index in [2.05, 4.69) is 34.2 Å². The number of rotatable bonds is 3. The summed E-state index contributed by atoms with van der Waals surface area (Å²) >= 11 is 9.65. The molecular formula is C13H17BrClN. The monoisotopic (exact) mass is 301 g/mol. The molecule has 0 aromatic heterocycles. The van der Waals surface area contributed by atoms with Gasteiger partial charge in [0.1, 0.15) is 0 Å². The van der Waals surface area contributed by atoms with Crippen molar-refractivity contribution < 1.29 is 0 Å². The average Bonchev–Trinajstić information content (AvgIpc) is 2.73. The van der Waals surface area contributed by atoms with Crippen molar-refractivity contribution in [1.82, 2.24) is 5.32 Å². The molecule has 1 heterocycles. The van der Waals surface area contributed by atoms with Crippen molar-refractivity contribution in [3.05, 3.63) is 33.3 Å². The van der Waals surface area contributed by atoms with Crippen LogP contribution in [0.25, 0.3) is 0 Å². The first-order chi connectivity index (χ1) is 7.65. The van der Waals surface area contributed by atoms with Crippen molar-refractivity contribution in [2.24, 2.45) is 0 Å². The third kappa shape index (κ3) is 2.61. The van der Waals surface area contributed by atoms with Gasteiger partial charge in [0.2, 0.25) is 0 Å². The highest BCUT2D eigenvalue weighted by Crippen LogP contribution is 2.31. The predicted octanol–water partition coefficient (Wildman–Crippen LogP) is 4.18. The summed E-state index contributed by atoms with van der Waals surface area (Å²) in [7, 11) is 0. The van der Waals surface area contributed by atoms with Crippen LogP contribution in [0, 0.1) is 0 Å². The second-order valence-corrected chi connectivity index (χ2v) is 5.87. The van der Waals surface area contributed by atoms with Crippen LogP contribution in [-0.2, 0) is 6.42 Å². The third-order valence-electron chi connectivity index (χ3n) is 3.55. The van der Waals surface area contributed by atoms with Crippen LogP contribution in [0.1, 0.15) is 31.7 Å². The maximum atomic E-state index is 6.05. The van der Waals surface area contributed by atoms with Crippen LogP contribution in [0.3, 0.4) is 0 Å². The standard InChI is InChI=1S/C13H17BrClN/c1-2-13(6-3-7-16-13)9-10-8-11(15)4-5-12(10)14/h4-5,8,16H,2-3,6-7,9H2,1H3. The van der Waals surface area contributed by atoms with Crippen molar-refractivity contribution >= 4 is 27.5 Å². The predicted molar refractivity (Wildman–Crippen MR) is 73.1 cm³/mol. The highest BCUT2D eigenvalue weighted by atomic mass is 79.9. The molecule has 1 fully saturated rings. The molecule has 88 valence electrons. The minimum absolute atomic E-state index is 0.285. The number of hydrogen-bond acceptors (Lipinski definition) is 1. The lowest BCUT2D eigenvalue weighted by atomic mass is 9.87. The Kier molecular flexibility index (Phi) is 3.93. The molecule has 0 bridgehead atoms. The maximum Gasteiger partial charge on any atom is 0.0409 e. The Labute approximate surface area is 111 Å². The largest absolute Gasteiger partial charge is 0.311 e. The van der Waals surface area contributed by atoms with Crippen LogP contribution in [0.15, 0.2) is 22.7 Å². The van der Waals surface area contributed by atoms with E-state index in [0.717, 1.165) is 18.0 Å². The van der Waals surface area contributed by atoms with Gasteiger partial charge in [-0.15, -0.1) is 0 Å². The zero-order valence-electron chi connectivity index (χ0n) is 9.52. The highest BCUT2D eigenvalue weighted by Gasteiger charge is 2.31. The SMILES string of the molecule is CCC1(Cc2cc(Cl)ccc2Br)CCCN1. The summed E-state index contributed by atoms with van der Waals surface area (Å²) in [5.41, 5.74) is 1.59. The minimum atomic E-state index is 0.285. The zero-order valence-corrected chi connectivity index (χ0v) is 11.9. The second kappa shape index (κ2) is 5.07. The first kappa shape index (κ1) is 12.4. The molecule has 1 aromatic rings. The Morgan fingerprint density at radius 2 is 2.31 bits per heavy atom. The van der Waals surface area contributed by atoms with E-state index in [1.54, 1.807) is 0 Å². The van der Waals surface area contributed by atoms with E-state index >= 15 is 0 Å². The van der Waals surface area contributed by atoms with Crippen molar-refractivity contribution in [1.29, 1.82) is 0 Å². The zero-order chi connectivity index (χ0) is 11.6. The molecule has 0 radical (unpaired) electrons. The quantitative estimate of drug-likeness (QED) is 0.883. The number of benzene rings is 1. The van der Waals surface area contributed by atoms with Gasteiger partial charge in [-0.2, -0.15) is 0 Å². The number of hydrogen-bond donors (Lipinski definition) is 1. The molecule has 1 unspecified atom stereocenters. The van der Waals surface area contributed by atoms with Gasteiger partial charge in [0.25, 0.3) is 0 Å². The van der Waals surface area contributed by atoms with E-state index < -0.39 is 0 Å². The van der Waals surface area contributed by atoms with E-state index in [4.69, 9.17) is 11.6 Å². The molecule has 1 saturated heterocycles. The smallest absolute Gasteiger partial charge is 0.0409 e. The number of halogens is 2. The van der Waals surface area contributed by atoms with Crippen LogP contribution in [0.5, 0.6) is 0 Å². The fourth-order valence-corrected chi connectivity index (χ4v) is 3.07. The van der Waals surface area contributed by atoms with E-state index in [1.807, 2.05) is 12.1 Å². The first-order valence-electron chi connectivity index (χ1n) is 5.84. The normalized spacial score (nSPS) is 24.9. The fourth-order valence-electron chi connectivity index (χ4n) is 2.49. The summed E-state index contributed by atoms with van der Waals surface area (Å²) in [5.74, 6) is 0. The van der Waals surface area contributed by atoms with Crippen molar-refractivity contribution in [3.63, 3.8) is 0 Å². The molecule has 0 saturated carbocycles. The van der Waals surface area contributed by atoms with E-state index in [-0.39, 0.29) is 5.54 Å². The summed E-state index contributed by atoms with van der Waals surface area (Å²) in [6.07, 6.45) is 4.78. The first-order valence-corrected chi connectivity index (χ1v) is 7.01. The minimum Gasteiger partial charge on any atom is -0.311 e. The van der Waals surface area contributed by atoms with Crippen LogP contribution in [0.4, 0.5) is 0 Å². The van der Waals surface area contributed by atoms with Crippen molar-refractivity contribution in [2.45, 2.75) is 38.1 Å². The molecule has 1 aliphatic rings. The summed E-state index contributed by atoms with van der Waals surface area (Å²) in [6.45, 7) is 3.41. The summed E-state index contributed by atoms with van der Waals surface area (Å²) in [4.78, 5) is 0. The van der Waals surface area contributed by atoms with Crippen molar-refractivity contribution in [2.75, 3.05) is 6.54 Å². The Balaban J connectivity index is 2.21. The maximum absolute atomic E-state index is 6.05. The molecule has 0 aliphatic carbocycles. The average molecular weight is 303 g/mol. The second-order valence-electron chi connectivity index (χ2n) is 4.58. The molecule has 1 N–H and O–H groups in total. The van der Waals surface area contributed by atoms with E-state index in [0.29, 0.717) is 0 Å². The molecule has 16 heavy (non-hydrogen) atoms. The molecule has 1 aromatic carbocycles. The molecule has 0 amide bonds. The van der Waals surface area contributed by atoms with Gasteiger partial charge in [0, 0.05) is 15.0 Å². The molecular weight excluding hydrogens is 286 g/mol. The van der Waals surface area contributed by atoms with Crippen LogP contribution < -0.4 is 5.32 Å². The molecule has 1 nitrogen and oxygen atoms in total. The Morgan fingerprint density at radius 3 is 2.94 bits per heavy atom. The van der Waals surface area contributed by atoms with Gasteiger partial charge in [-0.05, 0) is 56.0 Å². The molecule has 2 rings (SSSR count). The van der Waals surface area contributed by atoms with Crippen LogP contribution in [0.2, 0.25) is 5.02 Å². The summed E-state index contributed by atoms with van der Waals surface area (Å²) in [5, 5.41) is 4.47. The van der Waals surface area contributed by atoms with Gasteiger partial charge in [0.05, 0.1) is 0 Å². The molecule has 0 spiro atoms. The lowest BCUT2D eigenvalue weighted by Gasteiger charge is -2.28. The lowest BCUT2D eigenvalue weighted by Crippen LogP contribution is -2.41. The Bertz CT molecular complexity index is 372. The molecule has 1 aliphatic heterocycles. The van der Waals surface area contributed by atoms with Gasteiger partial charge in [0.15, 0.2) is 0 Å². The topological polar surface area (TPSA) is 12.0 Å². The summed E-state index contributed by atoms with van der Waals surface area (Å²) in [6, 6.07) is 6.04. The Morgan fingerprint density at radius 1 is 1.50 bits per heavy atom. The van der Waals surface area contributed by atoms with Gasteiger partial charge in [-0.3, -0.25) is 0 Å².